The van der Waals surface area contributed by atoms with E-state index in [0.29, 0.717) is 0 Å². The SMILES string of the molecule is CC1(C)c2ccccc2-c2cc3c4ccccc4n(-c4ccc(-c5nc(-c6ccccc6)nc6sc7ccccc7c56)cc4)c3cc21.c1ccc(-c2nc(-c3cccc(-n4c5ccccc5c5cc6c(cc54)oc4ccccc46)c3)c3c(n2)sc2ccccc23)cc1.c1ccc(-c2nc(-c3cccc(-n4c5ccccc5c5cc6c(cc54)sc4ccccc46)c3)c3c(n2)sc2ccccc23)cc1. The van der Waals surface area contributed by atoms with Crippen LogP contribution in [-0.4, -0.2) is 43.6 Å². The van der Waals surface area contributed by atoms with Crippen molar-refractivity contribution in [2.45, 2.75) is 19.3 Å². The highest BCUT2D eigenvalue weighted by atomic mass is 32.1. The average molecular weight is 1820 g/mol. The molecule has 30 rings (SSSR count). The van der Waals surface area contributed by atoms with Gasteiger partial charge in [0.1, 0.15) is 25.7 Å². The van der Waals surface area contributed by atoms with E-state index in [4.69, 9.17) is 34.3 Å². The summed E-state index contributed by atoms with van der Waals surface area (Å²) in [5.41, 5.74) is 26.8. The van der Waals surface area contributed by atoms with Crippen molar-refractivity contribution in [3.63, 3.8) is 0 Å². The lowest BCUT2D eigenvalue weighted by atomic mass is 9.82. The quantitative estimate of drug-likeness (QED) is 0.142. The first-order valence-corrected chi connectivity index (χ1v) is 49.4. The van der Waals surface area contributed by atoms with Gasteiger partial charge in [-0.25, -0.2) is 29.9 Å². The molecule has 1 aliphatic rings. The van der Waals surface area contributed by atoms with E-state index in [2.05, 4.69) is 379 Å². The van der Waals surface area contributed by atoms with Crippen molar-refractivity contribution in [2.75, 3.05) is 0 Å². The summed E-state index contributed by atoms with van der Waals surface area (Å²) in [6.45, 7) is 4.71. The van der Waals surface area contributed by atoms with Gasteiger partial charge in [0.05, 0.1) is 50.2 Å². The van der Waals surface area contributed by atoms with Gasteiger partial charge in [-0.15, -0.1) is 45.3 Å². The van der Waals surface area contributed by atoms with E-state index in [1.165, 1.54) is 127 Å². The molecule has 0 N–H and O–H groups in total. The minimum atomic E-state index is -0.0661. The summed E-state index contributed by atoms with van der Waals surface area (Å²) in [4.78, 5) is 33.9. The molecule has 642 valence electrons. The van der Waals surface area contributed by atoms with Crippen LogP contribution in [0.4, 0.5) is 0 Å². The Bertz CT molecular complexity index is 9670. The molecule has 11 heterocycles. The highest BCUT2D eigenvalue weighted by molar-refractivity contribution is 7.27. The summed E-state index contributed by atoms with van der Waals surface area (Å²) < 4.78 is 19.8. The number of aromatic nitrogens is 9. The molecule has 18 aromatic carbocycles. The second-order valence-electron chi connectivity index (χ2n) is 35.8. The normalized spacial score (nSPS) is 12.5. The predicted molar refractivity (Wildman–Crippen MR) is 578 cm³/mol. The van der Waals surface area contributed by atoms with Crippen LogP contribution in [0.3, 0.4) is 0 Å². The molecular formula is C123H75N9OS4. The Morgan fingerprint density at radius 3 is 1.09 bits per heavy atom. The van der Waals surface area contributed by atoms with Crippen molar-refractivity contribution < 1.29 is 4.42 Å². The number of fused-ring (bicyclic) bond motifs is 27. The second-order valence-corrected chi connectivity index (χ2v) is 40.0. The monoisotopic (exact) mass is 1820 g/mol. The maximum atomic E-state index is 6.35. The molecule has 0 unspecified atom stereocenters. The molecule has 0 bridgehead atoms. The van der Waals surface area contributed by atoms with Gasteiger partial charge >= 0.3 is 0 Å². The number of benzene rings is 18. The van der Waals surface area contributed by atoms with Crippen molar-refractivity contribution in [2.24, 2.45) is 0 Å². The number of hydrogen-bond acceptors (Lipinski definition) is 11. The van der Waals surface area contributed by atoms with E-state index >= 15 is 0 Å². The first-order chi connectivity index (χ1) is 67.7. The van der Waals surface area contributed by atoms with Gasteiger partial charge in [-0.05, 0) is 138 Å². The van der Waals surface area contributed by atoms with Crippen LogP contribution in [0.1, 0.15) is 25.0 Å². The van der Waals surface area contributed by atoms with Crippen LogP contribution < -0.4 is 0 Å². The largest absolute Gasteiger partial charge is 0.456 e. The number of hydrogen-bond donors (Lipinski definition) is 0. The number of thiophene rings is 4. The van der Waals surface area contributed by atoms with Gasteiger partial charge in [-0.2, -0.15) is 0 Å². The van der Waals surface area contributed by atoms with Crippen LogP contribution in [0.25, 0.3) is 265 Å². The summed E-state index contributed by atoms with van der Waals surface area (Å²) in [6, 6.07) is 149. The maximum absolute atomic E-state index is 6.35. The molecule has 0 saturated heterocycles. The Morgan fingerprint density at radius 2 is 0.591 bits per heavy atom. The Morgan fingerprint density at radius 1 is 0.212 bits per heavy atom. The van der Waals surface area contributed by atoms with E-state index in [9.17, 15) is 0 Å². The fraction of sp³-hybridized carbons (Fsp3) is 0.0244. The first kappa shape index (κ1) is 78.9. The summed E-state index contributed by atoms with van der Waals surface area (Å²) in [7, 11) is 0. The third-order valence-corrected chi connectivity index (χ3v) is 32.0. The number of rotatable bonds is 9. The number of nitrogens with zero attached hydrogens (tertiary/aromatic N) is 9. The van der Waals surface area contributed by atoms with Crippen molar-refractivity contribution in [3.8, 4) is 96.1 Å². The number of furan rings is 1. The van der Waals surface area contributed by atoms with Crippen LogP contribution in [0.15, 0.2) is 423 Å². The molecule has 11 aromatic heterocycles. The topological polar surface area (TPSA) is 105 Å². The lowest BCUT2D eigenvalue weighted by molar-refractivity contribution is 0.661. The van der Waals surface area contributed by atoms with Crippen LogP contribution in [0.5, 0.6) is 0 Å². The van der Waals surface area contributed by atoms with Gasteiger partial charge in [0.15, 0.2) is 17.5 Å². The van der Waals surface area contributed by atoms with Crippen LogP contribution in [0.2, 0.25) is 0 Å². The third-order valence-electron chi connectivity index (χ3n) is 27.7. The lowest BCUT2D eigenvalue weighted by Crippen LogP contribution is -2.14. The Balaban J connectivity index is 0.000000102. The van der Waals surface area contributed by atoms with E-state index in [1.54, 1.807) is 34.0 Å². The van der Waals surface area contributed by atoms with Crippen LogP contribution >= 0.6 is 45.3 Å². The highest BCUT2D eigenvalue weighted by Gasteiger charge is 2.37. The van der Waals surface area contributed by atoms with E-state index in [0.717, 1.165) is 149 Å². The average Bonchev–Trinajstić information content (AvgIpc) is 1.48. The maximum Gasteiger partial charge on any atom is 0.161 e. The second kappa shape index (κ2) is 31.2. The molecule has 0 aliphatic heterocycles. The summed E-state index contributed by atoms with van der Waals surface area (Å²) in [5, 5.41) is 19.3. The summed E-state index contributed by atoms with van der Waals surface area (Å²) in [5.74, 6) is 2.24. The summed E-state index contributed by atoms with van der Waals surface area (Å²) >= 11 is 7.05. The number of para-hydroxylation sites is 4. The minimum absolute atomic E-state index is 0.0661. The molecular weight excluding hydrogens is 1750 g/mol. The van der Waals surface area contributed by atoms with Gasteiger partial charge in [0.25, 0.3) is 0 Å². The minimum Gasteiger partial charge on any atom is -0.456 e. The van der Waals surface area contributed by atoms with Crippen LogP contribution in [-0.2, 0) is 5.41 Å². The molecule has 0 saturated carbocycles. The standard InChI is InChI=1S/C43H29N3S.C40H23N3OS.C40H23N3S2/c1-43(2)34-17-9-6-14-29(34)32-24-33-30-15-7-10-18-36(30)46(37(33)25-35(32)43)28-22-20-26(21-23-28)40-39-31-16-8-11-19-38(31)47-42(39)45-41(44-40)27-12-4-3-5-13-27;1-2-11-24(12-3-1)39-41-38(37-29-17-6-9-20-36(29)45-40(37)42-39)25-13-10-14-26(21-25)43-32-18-7-4-15-27(32)30-22-31-28-16-5-8-19-34(28)44-35(31)23-33(30)43;1-2-11-24(12-3-1)39-41-38(37-29-17-6-9-20-35(29)45-40(37)42-39)25-13-10-14-26(21-25)43-32-18-7-4-15-27(32)30-22-31-28-16-5-8-19-34(28)44-36(31)23-33(30)43/h3-25H,1-2H3;2*1-23H. The zero-order valence-corrected chi connectivity index (χ0v) is 77.2. The highest BCUT2D eigenvalue weighted by Crippen LogP contribution is 2.53. The molecule has 10 nitrogen and oxygen atoms in total. The Hall–Kier alpha value is -16.7. The smallest absolute Gasteiger partial charge is 0.161 e. The molecule has 1 aliphatic carbocycles. The molecule has 137 heavy (non-hydrogen) atoms. The third kappa shape index (κ3) is 12.6. The van der Waals surface area contributed by atoms with E-state index in [-0.39, 0.29) is 5.41 Å². The van der Waals surface area contributed by atoms with Gasteiger partial charge in [0.2, 0.25) is 0 Å². The molecule has 0 amide bonds. The van der Waals surface area contributed by atoms with Gasteiger partial charge < -0.3 is 18.1 Å². The predicted octanol–water partition coefficient (Wildman–Crippen LogP) is 34.4. The molecule has 0 radical (unpaired) electrons. The molecule has 0 fully saturated rings. The zero-order valence-electron chi connectivity index (χ0n) is 73.9. The van der Waals surface area contributed by atoms with Crippen molar-refractivity contribution in [1.29, 1.82) is 0 Å². The first-order valence-electron chi connectivity index (χ1n) is 46.1. The summed E-state index contributed by atoms with van der Waals surface area (Å²) in [6.07, 6.45) is 0. The molecule has 29 aromatic rings. The zero-order chi connectivity index (χ0) is 90.2. The molecule has 14 heteroatoms. The molecule has 0 atom stereocenters. The van der Waals surface area contributed by atoms with Crippen LogP contribution in [0, 0.1) is 0 Å². The Labute approximate surface area is 800 Å². The van der Waals surface area contributed by atoms with Gasteiger partial charge in [-0.1, -0.05) is 311 Å². The van der Waals surface area contributed by atoms with Crippen molar-refractivity contribution in [3.05, 3.63) is 430 Å². The van der Waals surface area contributed by atoms with Gasteiger partial charge in [0, 0.05) is 172 Å². The van der Waals surface area contributed by atoms with Crippen molar-refractivity contribution in [1.82, 2.24) is 43.6 Å². The fourth-order valence-electron chi connectivity index (χ4n) is 21.4. The lowest BCUT2D eigenvalue weighted by Gasteiger charge is -2.21. The fourth-order valence-corrected chi connectivity index (χ4v) is 25.7. The molecule has 0 spiro atoms. The van der Waals surface area contributed by atoms with Crippen molar-refractivity contribution >= 4 is 214 Å². The van der Waals surface area contributed by atoms with E-state index in [1.807, 2.05) is 78.1 Å². The van der Waals surface area contributed by atoms with E-state index < -0.39 is 0 Å². The Kier molecular flexibility index (Phi) is 18.0. The van der Waals surface area contributed by atoms with Gasteiger partial charge in [-0.3, -0.25) is 0 Å².